The number of rotatable bonds is 4. The summed E-state index contributed by atoms with van der Waals surface area (Å²) in [6.07, 6.45) is 3.67. The standard InChI is InChI=1S/C10H11BrN4OS/c1-17-10-13-5-6-4-7(11)9(12-2-3-16)14-8(6)15-10/h4-5,16H,2-3H2,1H3,(H,12,13,14,15). The Morgan fingerprint density at radius 3 is 3.00 bits per heavy atom. The number of anilines is 1. The number of aromatic nitrogens is 3. The highest BCUT2D eigenvalue weighted by Gasteiger charge is 2.06. The molecule has 2 aromatic rings. The van der Waals surface area contributed by atoms with Crippen molar-refractivity contribution in [2.45, 2.75) is 5.16 Å². The Kier molecular flexibility index (Phi) is 4.14. The molecule has 0 spiro atoms. The fourth-order valence-electron chi connectivity index (χ4n) is 1.32. The van der Waals surface area contributed by atoms with E-state index in [0.29, 0.717) is 23.2 Å². The Bertz CT molecular complexity index is 537. The largest absolute Gasteiger partial charge is 0.395 e. The molecule has 0 bridgehead atoms. The van der Waals surface area contributed by atoms with Crippen LogP contribution in [-0.4, -0.2) is 39.5 Å². The van der Waals surface area contributed by atoms with Crippen LogP contribution in [0.1, 0.15) is 0 Å². The minimum absolute atomic E-state index is 0.0615. The number of nitrogens with one attached hydrogen (secondary N) is 1. The second-order valence-electron chi connectivity index (χ2n) is 3.24. The minimum atomic E-state index is 0.0615. The number of aliphatic hydroxyl groups excluding tert-OH is 1. The van der Waals surface area contributed by atoms with Crippen LogP contribution in [-0.2, 0) is 0 Å². The van der Waals surface area contributed by atoms with Gasteiger partial charge in [-0.1, -0.05) is 11.8 Å². The molecule has 2 heterocycles. The van der Waals surface area contributed by atoms with Gasteiger partial charge in [-0.3, -0.25) is 0 Å². The van der Waals surface area contributed by atoms with E-state index in [1.807, 2.05) is 12.3 Å². The molecule has 2 rings (SSSR count). The van der Waals surface area contributed by atoms with Crippen LogP contribution in [0.15, 0.2) is 21.9 Å². The monoisotopic (exact) mass is 314 g/mol. The third kappa shape index (κ3) is 2.85. The van der Waals surface area contributed by atoms with E-state index in [-0.39, 0.29) is 6.61 Å². The zero-order valence-electron chi connectivity index (χ0n) is 9.14. The van der Waals surface area contributed by atoms with Crippen LogP contribution < -0.4 is 5.32 Å². The molecule has 0 unspecified atom stereocenters. The number of nitrogens with zero attached hydrogens (tertiary/aromatic N) is 3. The van der Waals surface area contributed by atoms with E-state index in [1.165, 1.54) is 11.8 Å². The Balaban J connectivity index is 2.44. The third-order valence-electron chi connectivity index (χ3n) is 2.09. The van der Waals surface area contributed by atoms with E-state index in [1.54, 1.807) is 6.20 Å². The van der Waals surface area contributed by atoms with Crippen molar-refractivity contribution in [2.24, 2.45) is 0 Å². The van der Waals surface area contributed by atoms with Crippen LogP contribution in [0.5, 0.6) is 0 Å². The molecule has 0 radical (unpaired) electrons. The van der Waals surface area contributed by atoms with Gasteiger partial charge in [-0.15, -0.1) is 0 Å². The highest BCUT2D eigenvalue weighted by molar-refractivity contribution is 9.10. The highest BCUT2D eigenvalue weighted by atomic mass is 79.9. The van der Waals surface area contributed by atoms with Crippen molar-refractivity contribution in [1.29, 1.82) is 0 Å². The summed E-state index contributed by atoms with van der Waals surface area (Å²) in [6, 6.07) is 1.91. The zero-order chi connectivity index (χ0) is 12.3. The molecular weight excluding hydrogens is 304 g/mol. The molecule has 2 aromatic heterocycles. The van der Waals surface area contributed by atoms with E-state index in [0.717, 1.165) is 9.86 Å². The Hall–Kier alpha value is -0.920. The topological polar surface area (TPSA) is 70.9 Å². The van der Waals surface area contributed by atoms with Crippen LogP contribution in [0.3, 0.4) is 0 Å². The van der Waals surface area contributed by atoms with Crippen LogP contribution >= 0.6 is 27.7 Å². The van der Waals surface area contributed by atoms with E-state index < -0.39 is 0 Å². The lowest BCUT2D eigenvalue weighted by atomic mass is 10.3. The normalized spacial score (nSPS) is 10.8. The van der Waals surface area contributed by atoms with Crippen molar-refractivity contribution in [2.75, 3.05) is 24.7 Å². The maximum absolute atomic E-state index is 8.78. The molecule has 0 aliphatic heterocycles. The molecule has 0 atom stereocenters. The summed E-state index contributed by atoms with van der Waals surface area (Å²) in [5.74, 6) is 0.678. The third-order valence-corrected chi connectivity index (χ3v) is 3.25. The molecule has 5 nitrogen and oxygen atoms in total. The molecule has 0 saturated heterocycles. The molecule has 90 valence electrons. The van der Waals surface area contributed by atoms with Gasteiger partial charge in [0.15, 0.2) is 10.8 Å². The molecule has 0 aliphatic carbocycles. The average Bonchev–Trinajstić information content (AvgIpc) is 2.35. The number of halogens is 1. The molecule has 0 aromatic carbocycles. The van der Waals surface area contributed by atoms with E-state index in [2.05, 4.69) is 36.2 Å². The van der Waals surface area contributed by atoms with E-state index >= 15 is 0 Å². The second-order valence-corrected chi connectivity index (χ2v) is 4.87. The van der Waals surface area contributed by atoms with Gasteiger partial charge in [0, 0.05) is 18.1 Å². The summed E-state index contributed by atoms with van der Waals surface area (Å²) in [4.78, 5) is 12.9. The van der Waals surface area contributed by atoms with Crippen LogP contribution in [0.4, 0.5) is 5.82 Å². The van der Waals surface area contributed by atoms with Gasteiger partial charge < -0.3 is 10.4 Å². The smallest absolute Gasteiger partial charge is 0.189 e. The summed E-state index contributed by atoms with van der Waals surface area (Å²) >= 11 is 4.89. The lowest BCUT2D eigenvalue weighted by Gasteiger charge is -2.07. The summed E-state index contributed by atoms with van der Waals surface area (Å²) in [5.41, 5.74) is 0.646. The molecular formula is C10H11BrN4OS. The zero-order valence-corrected chi connectivity index (χ0v) is 11.5. The fourth-order valence-corrected chi connectivity index (χ4v) is 2.13. The quantitative estimate of drug-likeness (QED) is 0.663. The summed E-state index contributed by atoms with van der Waals surface area (Å²) in [5, 5.41) is 13.4. The number of fused-ring (bicyclic) bond motifs is 1. The van der Waals surface area contributed by atoms with Crippen LogP contribution in [0.2, 0.25) is 0 Å². The molecule has 17 heavy (non-hydrogen) atoms. The molecule has 0 fully saturated rings. The van der Waals surface area contributed by atoms with Crippen molar-refractivity contribution in [3.05, 3.63) is 16.7 Å². The Morgan fingerprint density at radius 1 is 1.47 bits per heavy atom. The molecule has 0 saturated carbocycles. The minimum Gasteiger partial charge on any atom is -0.395 e. The molecule has 2 N–H and O–H groups in total. The molecule has 7 heteroatoms. The Morgan fingerprint density at radius 2 is 2.29 bits per heavy atom. The van der Waals surface area contributed by atoms with E-state index in [9.17, 15) is 0 Å². The van der Waals surface area contributed by atoms with Gasteiger partial charge in [0.05, 0.1) is 11.1 Å². The van der Waals surface area contributed by atoms with Crippen molar-refractivity contribution in [1.82, 2.24) is 15.0 Å². The SMILES string of the molecule is CSc1ncc2cc(Br)c(NCCO)nc2n1. The predicted octanol–water partition coefficient (Wildman–Crippen LogP) is 1.91. The van der Waals surface area contributed by atoms with Gasteiger partial charge in [-0.2, -0.15) is 0 Å². The summed E-state index contributed by atoms with van der Waals surface area (Å²) in [6.45, 7) is 0.517. The van der Waals surface area contributed by atoms with Crippen molar-refractivity contribution < 1.29 is 5.11 Å². The molecule has 0 aliphatic rings. The first-order chi connectivity index (χ1) is 8.24. The van der Waals surface area contributed by atoms with Gasteiger partial charge in [0.1, 0.15) is 5.82 Å². The predicted molar refractivity (Wildman–Crippen MR) is 72.4 cm³/mol. The summed E-state index contributed by atoms with van der Waals surface area (Å²) in [7, 11) is 0. The van der Waals surface area contributed by atoms with Gasteiger partial charge >= 0.3 is 0 Å². The first kappa shape index (κ1) is 12.5. The van der Waals surface area contributed by atoms with E-state index in [4.69, 9.17) is 5.11 Å². The molecule has 0 amide bonds. The number of thioether (sulfide) groups is 1. The number of hydrogen-bond acceptors (Lipinski definition) is 6. The van der Waals surface area contributed by atoms with Gasteiger partial charge in [0.25, 0.3) is 0 Å². The first-order valence-electron chi connectivity index (χ1n) is 4.96. The lowest BCUT2D eigenvalue weighted by molar-refractivity contribution is 0.311. The maximum Gasteiger partial charge on any atom is 0.189 e. The van der Waals surface area contributed by atoms with Crippen molar-refractivity contribution >= 4 is 44.5 Å². The van der Waals surface area contributed by atoms with Crippen LogP contribution in [0, 0.1) is 0 Å². The number of aliphatic hydroxyl groups is 1. The lowest BCUT2D eigenvalue weighted by Crippen LogP contribution is -2.08. The van der Waals surface area contributed by atoms with Gasteiger partial charge in [-0.05, 0) is 28.3 Å². The van der Waals surface area contributed by atoms with Crippen molar-refractivity contribution in [3.8, 4) is 0 Å². The second kappa shape index (κ2) is 5.61. The maximum atomic E-state index is 8.78. The number of hydrogen-bond donors (Lipinski definition) is 2. The highest BCUT2D eigenvalue weighted by Crippen LogP contribution is 2.24. The van der Waals surface area contributed by atoms with Gasteiger partial charge in [0.2, 0.25) is 0 Å². The first-order valence-corrected chi connectivity index (χ1v) is 6.98. The number of pyridine rings is 1. The average molecular weight is 315 g/mol. The fraction of sp³-hybridized carbons (Fsp3) is 0.300. The van der Waals surface area contributed by atoms with Crippen LogP contribution in [0.25, 0.3) is 11.0 Å². The summed E-state index contributed by atoms with van der Waals surface area (Å²) < 4.78 is 0.832. The van der Waals surface area contributed by atoms with Crippen molar-refractivity contribution in [3.63, 3.8) is 0 Å². The Labute approximate surface area is 111 Å². The van der Waals surface area contributed by atoms with Gasteiger partial charge in [-0.25, -0.2) is 15.0 Å².